The SMILES string of the molecule is O=C(COC(=O)c1ccccc1N1C(=O)c2ccccc2C1=O)c1ccc(Oc2ccc([N+](=O)[O-])cc2)cc1. The van der Waals surface area contributed by atoms with E-state index in [0.29, 0.717) is 11.5 Å². The van der Waals surface area contributed by atoms with Crippen molar-refractivity contribution >= 4 is 34.9 Å². The van der Waals surface area contributed by atoms with Crippen molar-refractivity contribution in [2.24, 2.45) is 0 Å². The molecule has 10 heteroatoms. The number of benzene rings is 4. The summed E-state index contributed by atoms with van der Waals surface area (Å²) >= 11 is 0. The molecule has 0 atom stereocenters. The Kier molecular flexibility index (Phi) is 6.66. The van der Waals surface area contributed by atoms with Crippen molar-refractivity contribution in [3.8, 4) is 11.5 Å². The highest BCUT2D eigenvalue weighted by atomic mass is 16.6. The monoisotopic (exact) mass is 522 g/mol. The van der Waals surface area contributed by atoms with Crippen molar-refractivity contribution in [3.05, 3.63) is 129 Å². The van der Waals surface area contributed by atoms with Gasteiger partial charge in [0.05, 0.1) is 27.3 Å². The Morgan fingerprint density at radius 3 is 1.87 bits per heavy atom. The van der Waals surface area contributed by atoms with Crippen LogP contribution in [0.5, 0.6) is 11.5 Å². The van der Waals surface area contributed by atoms with Gasteiger partial charge in [-0.15, -0.1) is 0 Å². The van der Waals surface area contributed by atoms with Gasteiger partial charge in [0.25, 0.3) is 17.5 Å². The zero-order chi connectivity index (χ0) is 27.5. The fourth-order valence-corrected chi connectivity index (χ4v) is 4.02. The third-order valence-electron chi connectivity index (χ3n) is 5.95. The number of nitro benzene ring substituents is 1. The molecular formula is C29H18N2O8. The lowest BCUT2D eigenvalue weighted by Gasteiger charge is -2.17. The molecule has 0 radical (unpaired) electrons. The first kappa shape index (κ1) is 25.0. The topological polar surface area (TPSA) is 133 Å². The van der Waals surface area contributed by atoms with E-state index in [2.05, 4.69) is 0 Å². The number of carbonyl (C=O) groups is 4. The Hall–Kier alpha value is -5.64. The van der Waals surface area contributed by atoms with Crippen molar-refractivity contribution in [3.63, 3.8) is 0 Å². The normalized spacial score (nSPS) is 12.2. The van der Waals surface area contributed by atoms with Crippen LogP contribution in [0.25, 0.3) is 0 Å². The van der Waals surface area contributed by atoms with Crippen LogP contribution in [-0.4, -0.2) is 35.1 Å². The van der Waals surface area contributed by atoms with Gasteiger partial charge in [0, 0.05) is 17.7 Å². The number of non-ortho nitro benzene ring substituents is 1. The van der Waals surface area contributed by atoms with Gasteiger partial charge in [0.2, 0.25) is 0 Å². The highest BCUT2D eigenvalue weighted by molar-refractivity contribution is 6.35. The van der Waals surface area contributed by atoms with E-state index < -0.39 is 35.1 Å². The van der Waals surface area contributed by atoms with Crippen LogP contribution in [0.3, 0.4) is 0 Å². The molecule has 4 aromatic carbocycles. The van der Waals surface area contributed by atoms with E-state index in [1.807, 2.05) is 0 Å². The molecule has 0 bridgehead atoms. The number of amides is 2. The predicted molar refractivity (Wildman–Crippen MR) is 138 cm³/mol. The molecule has 39 heavy (non-hydrogen) atoms. The molecular weight excluding hydrogens is 504 g/mol. The minimum atomic E-state index is -0.867. The quantitative estimate of drug-likeness (QED) is 0.101. The number of hydrogen-bond acceptors (Lipinski definition) is 8. The largest absolute Gasteiger partial charge is 0.457 e. The number of rotatable bonds is 8. The van der Waals surface area contributed by atoms with E-state index in [1.165, 1.54) is 72.8 Å². The molecule has 2 amide bonds. The number of para-hydroxylation sites is 1. The minimum Gasteiger partial charge on any atom is -0.457 e. The van der Waals surface area contributed by atoms with Crippen LogP contribution in [0.4, 0.5) is 11.4 Å². The Morgan fingerprint density at radius 1 is 0.744 bits per heavy atom. The summed E-state index contributed by atoms with van der Waals surface area (Å²) in [5.74, 6) is -1.68. The fourth-order valence-electron chi connectivity index (χ4n) is 4.02. The number of hydrogen-bond donors (Lipinski definition) is 0. The van der Waals surface area contributed by atoms with Crippen molar-refractivity contribution in [1.29, 1.82) is 0 Å². The van der Waals surface area contributed by atoms with Gasteiger partial charge in [-0.25, -0.2) is 9.69 Å². The summed E-state index contributed by atoms with van der Waals surface area (Å²) in [6, 6.07) is 24.0. The van der Waals surface area contributed by atoms with E-state index in [1.54, 1.807) is 24.3 Å². The lowest BCUT2D eigenvalue weighted by atomic mass is 10.1. The first-order valence-corrected chi connectivity index (χ1v) is 11.6. The van der Waals surface area contributed by atoms with Gasteiger partial charge in [-0.1, -0.05) is 24.3 Å². The first-order chi connectivity index (χ1) is 18.8. The summed E-state index contributed by atoms with van der Waals surface area (Å²) < 4.78 is 10.9. The van der Waals surface area contributed by atoms with Gasteiger partial charge in [0.15, 0.2) is 12.4 Å². The molecule has 4 aromatic rings. The molecule has 0 aromatic heterocycles. The Labute approximate surface area is 221 Å². The van der Waals surface area contributed by atoms with Gasteiger partial charge in [-0.3, -0.25) is 24.5 Å². The van der Waals surface area contributed by atoms with Crippen LogP contribution in [0.2, 0.25) is 0 Å². The summed E-state index contributed by atoms with van der Waals surface area (Å²) in [5, 5.41) is 10.8. The second kappa shape index (κ2) is 10.4. The summed E-state index contributed by atoms with van der Waals surface area (Å²) in [5.41, 5.74) is 0.695. The molecule has 0 saturated heterocycles. The van der Waals surface area contributed by atoms with Crippen molar-refractivity contribution in [1.82, 2.24) is 0 Å². The van der Waals surface area contributed by atoms with Crippen LogP contribution in [0.1, 0.15) is 41.4 Å². The molecule has 0 fully saturated rings. The van der Waals surface area contributed by atoms with Gasteiger partial charge in [0.1, 0.15) is 11.5 Å². The molecule has 192 valence electrons. The Balaban J connectivity index is 1.24. The molecule has 0 saturated carbocycles. The Morgan fingerprint density at radius 2 is 1.28 bits per heavy atom. The number of nitro groups is 1. The molecule has 1 heterocycles. The van der Waals surface area contributed by atoms with Crippen LogP contribution >= 0.6 is 0 Å². The third-order valence-corrected chi connectivity index (χ3v) is 5.95. The maximum absolute atomic E-state index is 12.9. The molecule has 1 aliphatic rings. The highest BCUT2D eigenvalue weighted by Gasteiger charge is 2.38. The highest BCUT2D eigenvalue weighted by Crippen LogP contribution is 2.31. The smallest absolute Gasteiger partial charge is 0.340 e. The van der Waals surface area contributed by atoms with E-state index in [0.717, 1.165) is 4.90 Å². The zero-order valence-corrected chi connectivity index (χ0v) is 20.1. The van der Waals surface area contributed by atoms with Crippen LogP contribution in [-0.2, 0) is 4.74 Å². The predicted octanol–water partition coefficient (Wildman–Crippen LogP) is 5.23. The standard InChI is InChI=1S/C29H18N2O8/c32-26(18-9-13-20(14-10-18)39-21-15-11-19(12-16-21)31(36)37)17-38-29(35)24-7-3-4-8-25(24)30-27(33)22-5-1-2-6-23(22)28(30)34/h1-16H,17H2. The van der Waals surface area contributed by atoms with Gasteiger partial charge < -0.3 is 9.47 Å². The average molecular weight is 522 g/mol. The average Bonchev–Trinajstić information content (AvgIpc) is 3.21. The summed E-state index contributed by atoms with van der Waals surface area (Å²) in [7, 11) is 0. The number of ketones is 1. The molecule has 1 aliphatic heterocycles. The van der Waals surface area contributed by atoms with Crippen molar-refractivity contribution < 1.29 is 33.6 Å². The maximum atomic E-state index is 12.9. The number of nitrogens with zero attached hydrogens (tertiary/aromatic N) is 2. The summed E-state index contributed by atoms with van der Waals surface area (Å²) in [6.07, 6.45) is 0. The van der Waals surface area contributed by atoms with E-state index in [4.69, 9.17) is 9.47 Å². The molecule has 0 N–H and O–H groups in total. The lowest BCUT2D eigenvalue weighted by molar-refractivity contribution is -0.384. The maximum Gasteiger partial charge on any atom is 0.340 e. The number of Topliss-reactive ketones (excluding diaryl/α,β-unsaturated/α-hetero) is 1. The number of ether oxygens (including phenoxy) is 2. The Bertz CT molecular complexity index is 1590. The van der Waals surface area contributed by atoms with E-state index in [-0.39, 0.29) is 33.6 Å². The zero-order valence-electron chi connectivity index (χ0n) is 20.1. The second-order valence-electron chi connectivity index (χ2n) is 8.39. The minimum absolute atomic E-state index is 0.0355. The van der Waals surface area contributed by atoms with Crippen LogP contribution in [0, 0.1) is 10.1 Å². The first-order valence-electron chi connectivity index (χ1n) is 11.6. The molecule has 10 nitrogen and oxygen atoms in total. The second-order valence-corrected chi connectivity index (χ2v) is 8.39. The number of fused-ring (bicyclic) bond motifs is 1. The number of anilines is 1. The van der Waals surface area contributed by atoms with E-state index >= 15 is 0 Å². The fraction of sp³-hybridized carbons (Fsp3) is 0.0345. The molecule has 0 spiro atoms. The molecule has 0 aliphatic carbocycles. The van der Waals surface area contributed by atoms with Gasteiger partial charge in [-0.2, -0.15) is 0 Å². The number of imide groups is 1. The molecule has 0 unspecified atom stereocenters. The summed E-state index contributed by atoms with van der Waals surface area (Å²) in [6.45, 7) is -0.572. The number of esters is 1. The van der Waals surface area contributed by atoms with Crippen LogP contribution in [0.15, 0.2) is 97.1 Å². The van der Waals surface area contributed by atoms with Crippen molar-refractivity contribution in [2.45, 2.75) is 0 Å². The summed E-state index contributed by atoms with van der Waals surface area (Å²) in [4.78, 5) is 62.5. The van der Waals surface area contributed by atoms with Gasteiger partial charge >= 0.3 is 5.97 Å². The molecule has 5 rings (SSSR count). The lowest BCUT2D eigenvalue weighted by Crippen LogP contribution is -2.31. The third kappa shape index (κ3) is 4.98. The van der Waals surface area contributed by atoms with Crippen molar-refractivity contribution in [2.75, 3.05) is 11.5 Å². The van der Waals surface area contributed by atoms with E-state index in [9.17, 15) is 29.3 Å². The van der Waals surface area contributed by atoms with Gasteiger partial charge in [-0.05, 0) is 60.7 Å². The van der Waals surface area contributed by atoms with Crippen LogP contribution < -0.4 is 9.64 Å². The number of carbonyl (C=O) groups excluding carboxylic acids is 4.